The van der Waals surface area contributed by atoms with Gasteiger partial charge < -0.3 is 14.5 Å². The van der Waals surface area contributed by atoms with Crippen molar-refractivity contribution in [1.29, 1.82) is 0 Å². The number of rotatable bonds is 5. The van der Waals surface area contributed by atoms with Crippen molar-refractivity contribution < 1.29 is 19.1 Å². The van der Waals surface area contributed by atoms with Crippen LogP contribution in [0.25, 0.3) is 0 Å². The standard InChI is InChI=1S/C27H31N3O4/c1-19-11-12-23(26(32)29-15-7-4-8-16-29)24(28-19)21-13-17-30(18-14-21)27(33)25(34-20(2)31)22-9-5-3-6-10-22/h3-7,9-12,21,25H,8,13-18H2,1-2H3. The second-order valence-corrected chi connectivity index (χ2v) is 8.90. The van der Waals surface area contributed by atoms with Gasteiger partial charge in [0.15, 0.2) is 0 Å². The van der Waals surface area contributed by atoms with Crippen LogP contribution in [-0.2, 0) is 14.3 Å². The molecule has 1 aromatic carbocycles. The van der Waals surface area contributed by atoms with Crippen molar-refractivity contribution in [2.45, 2.75) is 45.1 Å². The Labute approximate surface area is 200 Å². The highest BCUT2D eigenvalue weighted by atomic mass is 16.5. The lowest BCUT2D eigenvalue weighted by Gasteiger charge is -2.34. The highest BCUT2D eigenvalue weighted by Crippen LogP contribution is 2.32. The van der Waals surface area contributed by atoms with Crippen LogP contribution in [0.15, 0.2) is 54.6 Å². The summed E-state index contributed by atoms with van der Waals surface area (Å²) in [5, 5.41) is 0. The van der Waals surface area contributed by atoms with Crippen LogP contribution < -0.4 is 0 Å². The normalized spacial score (nSPS) is 17.4. The number of aromatic nitrogens is 1. The Morgan fingerprint density at radius 1 is 0.971 bits per heavy atom. The SMILES string of the molecule is CC(=O)OC(C(=O)N1CCC(c2nc(C)ccc2C(=O)N2CC=CCC2)CC1)c1ccccc1. The fourth-order valence-electron chi connectivity index (χ4n) is 4.66. The van der Waals surface area contributed by atoms with Crippen molar-refractivity contribution in [2.24, 2.45) is 0 Å². The Hall–Kier alpha value is -3.48. The Bertz CT molecular complexity index is 1070. The summed E-state index contributed by atoms with van der Waals surface area (Å²) in [5.74, 6) is -0.596. The van der Waals surface area contributed by atoms with E-state index in [0.29, 0.717) is 50.1 Å². The molecule has 178 valence electrons. The molecule has 1 fully saturated rings. The highest BCUT2D eigenvalue weighted by Gasteiger charge is 2.33. The molecule has 7 nitrogen and oxygen atoms in total. The monoisotopic (exact) mass is 461 g/mol. The average molecular weight is 462 g/mol. The number of benzene rings is 1. The molecule has 2 aliphatic heterocycles. The molecule has 7 heteroatoms. The summed E-state index contributed by atoms with van der Waals surface area (Å²) in [6, 6.07) is 12.9. The molecule has 2 aromatic rings. The van der Waals surface area contributed by atoms with E-state index in [1.807, 2.05) is 48.2 Å². The fourth-order valence-corrected chi connectivity index (χ4v) is 4.66. The zero-order chi connectivity index (χ0) is 24.1. The Morgan fingerprint density at radius 3 is 2.35 bits per heavy atom. The van der Waals surface area contributed by atoms with E-state index >= 15 is 0 Å². The van der Waals surface area contributed by atoms with Gasteiger partial charge in [-0.05, 0) is 38.3 Å². The quantitative estimate of drug-likeness (QED) is 0.500. The number of nitrogens with zero attached hydrogens (tertiary/aromatic N) is 3. The van der Waals surface area contributed by atoms with Crippen LogP contribution in [0.2, 0.25) is 0 Å². The molecule has 0 bridgehead atoms. The summed E-state index contributed by atoms with van der Waals surface area (Å²) >= 11 is 0. The van der Waals surface area contributed by atoms with E-state index in [1.54, 1.807) is 17.0 Å². The van der Waals surface area contributed by atoms with Crippen LogP contribution in [0.3, 0.4) is 0 Å². The number of carbonyl (C=O) groups is 3. The third kappa shape index (κ3) is 5.35. The number of esters is 1. The highest BCUT2D eigenvalue weighted by molar-refractivity contribution is 5.95. The van der Waals surface area contributed by atoms with Crippen molar-refractivity contribution in [1.82, 2.24) is 14.8 Å². The van der Waals surface area contributed by atoms with Gasteiger partial charge >= 0.3 is 5.97 Å². The number of pyridine rings is 1. The topological polar surface area (TPSA) is 79.8 Å². The molecule has 0 aliphatic carbocycles. The third-order valence-electron chi connectivity index (χ3n) is 6.44. The number of ether oxygens (including phenoxy) is 1. The molecule has 2 aliphatic rings. The lowest BCUT2D eigenvalue weighted by Crippen LogP contribution is -2.42. The maximum atomic E-state index is 13.3. The van der Waals surface area contributed by atoms with E-state index in [1.165, 1.54) is 6.92 Å². The Morgan fingerprint density at radius 2 is 1.71 bits per heavy atom. The van der Waals surface area contributed by atoms with E-state index in [-0.39, 0.29) is 17.7 Å². The number of hydrogen-bond donors (Lipinski definition) is 0. The molecule has 0 saturated carbocycles. The van der Waals surface area contributed by atoms with Gasteiger partial charge in [-0.2, -0.15) is 0 Å². The van der Waals surface area contributed by atoms with Crippen molar-refractivity contribution in [2.75, 3.05) is 26.2 Å². The zero-order valence-corrected chi connectivity index (χ0v) is 19.8. The van der Waals surface area contributed by atoms with Crippen molar-refractivity contribution in [3.8, 4) is 0 Å². The lowest BCUT2D eigenvalue weighted by atomic mass is 9.89. The molecule has 0 spiro atoms. The molecule has 1 unspecified atom stereocenters. The number of likely N-dealkylation sites (tertiary alicyclic amines) is 1. The van der Waals surface area contributed by atoms with Crippen LogP contribution in [0.4, 0.5) is 0 Å². The van der Waals surface area contributed by atoms with Gasteiger partial charge in [0.05, 0.1) is 11.3 Å². The van der Waals surface area contributed by atoms with Crippen LogP contribution in [0, 0.1) is 6.92 Å². The predicted octanol–water partition coefficient (Wildman–Crippen LogP) is 3.80. The second kappa shape index (κ2) is 10.6. The van der Waals surface area contributed by atoms with E-state index in [2.05, 4.69) is 6.08 Å². The molecular formula is C27H31N3O4. The third-order valence-corrected chi connectivity index (χ3v) is 6.44. The summed E-state index contributed by atoms with van der Waals surface area (Å²) in [6.07, 6.45) is 5.44. The summed E-state index contributed by atoms with van der Waals surface area (Å²) < 4.78 is 5.40. The first-order valence-corrected chi connectivity index (χ1v) is 11.9. The molecule has 4 rings (SSSR count). The molecule has 34 heavy (non-hydrogen) atoms. The molecule has 0 N–H and O–H groups in total. The van der Waals surface area contributed by atoms with E-state index < -0.39 is 12.1 Å². The van der Waals surface area contributed by atoms with E-state index in [4.69, 9.17) is 9.72 Å². The fraction of sp³-hybridized carbons (Fsp3) is 0.407. The summed E-state index contributed by atoms with van der Waals surface area (Å²) in [4.78, 5) is 46.6. The van der Waals surface area contributed by atoms with Gasteiger partial charge in [0.25, 0.3) is 11.8 Å². The average Bonchev–Trinajstić information content (AvgIpc) is 2.87. The van der Waals surface area contributed by atoms with Crippen molar-refractivity contribution in [3.63, 3.8) is 0 Å². The molecule has 3 heterocycles. The van der Waals surface area contributed by atoms with E-state index in [9.17, 15) is 14.4 Å². The molecule has 2 amide bonds. The first kappa shape index (κ1) is 23.7. The van der Waals surface area contributed by atoms with Gasteiger partial charge in [0.2, 0.25) is 6.10 Å². The zero-order valence-electron chi connectivity index (χ0n) is 19.8. The van der Waals surface area contributed by atoms with Gasteiger partial charge in [-0.1, -0.05) is 42.5 Å². The Balaban J connectivity index is 1.49. The van der Waals surface area contributed by atoms with Crippen LogP contribution >= 0.6 is 0 Å². The molecule has 0 radical (unpaired) electrons. The number of piperidine rings is 1. The number of carbonyl (C=O) groups excluding carboxylic acids is 3. The summed E-state index contributed by atoms with van der Waals surface area (Å²) in [6.45, 7) is 5.62. The minimum atomic E-state index is -0.948. The largest absolute Gasteiger partial charge is 0.447 e. The maximum absolute atomic E-state index is 13.3. The number of hydrogen-bond acceptors (Lipinski definition) is 5. The molecule has 1 aromatic heterocycles. The van der Waals surface area contributed by atoms with Gasteiger partial charge in [0.1, 0.15) is 0 Å². The minimum Gasteiger partial charge on any atom is -0.447 e. The second-order valence-electron chi connectivity index (χ2n) is 8.90. The van der Waals surface area contributed by atoms with Gasteiger partial charge in [-0.15, -0.1) is 0 Å². The molecular weight excluding hydrogens is 430 g/mol. The van der Waals surface area contributed by atoms with Crippen LogP contribution in [0.1, 0.15) is 65.5 Å². The van der Waals surface area contributed by atoms with Crippen LogP contribution in [-0.4, -0.2) is 58.7 Å². The first-order chi connectivity index (χ1) is 16.4. The minimum absolute atomic E-state index is 0.0179. The van der Waals surface area contributed by atoms with Gasteiger partial charge in [-0.3, -0.25) is 19.4 Å². The predicted molar refractivity (Wildman–Crippen MR) is 128 cm³/mol. The first-order valence-electron chi connectivity index (χ1n) is 11.9. The lowest BCUT2D eigenvalue weighted by molar-refractivity contribution is -0.159. The smallest absolute Gasteiger partial charge is 0.303 e. The number of aryl methyl sites for hydroxylation is 1. The van der Waals surface area contributed by atoms with Gasteiger partial charge in [-0.25, -0.2) is 0 Å². The van der Waals surface area contributed by atoms with Crippen molar-refractivity contribution in [3.05, 3.63) is 77.1 Å². The summed E-state index contributed by atoms with van der Waals surface area (Å²) in [7, 11) is 0. The maximum Gasteiger partial charge on any atom is 0.303 e. The summed E-state index contributed by atoms with van der Waals surface area (Å²) in [5.41, 5.74) is 3.02. The number of amides is 2. The van der Waals surface area contributed by atoms with Crippen molar-refractivity contribution >= 4 is 17.8 Å². The van der Waals surface area contributed by atoms with Crippen LogP contribution in [0.5, 0.6) is 0 Å². The molecule has 1 saturated heterocycles. The van der Waals surface area contributed by atoms with E-state index in [0.717, 1.165) is 17.8 Å². The van der Waals surface area contributed by atoms with Gasteiger partial charge in [0, 0.05) is 50.3 Å². The Kier molecular flexibility index (Phi) is 7.40. The molecule has 1 atom stereocenters.